The van der Waals surface area contributed by atoms with Crippen LogP contribution in [0.25, 0.3) is 10.9 Å². The third-order valence-corrected chi connectivity index (χ3v) is 2.35. The zero-order chi connectivity index (χ0) is 12.6. The molecule has 0 saturated heterocycles. The van der Waals surface area contributed by atoms with Crippen molar-refractivity contribution in [3.8, 4) is 0 Å². The molecule has 1 N–H and O–H groups in total. The molecule has 0 radical (unpaired) electrons. The van der Waals surface area contributed by atoms with Crippen LogP contribution in [0.4, 0.5) is 13.2 Å². The van der Waals surface area contributed by atoms with Crippen molar-refractivity contribution in [3.63, 3.8) is 0 Å². The van der Waals surface area contributed by atoms with E-state index in [0.717, 1.165) is 6.07 Å². The average Bonchev–Trinajstić information content (AvgIpc) is 2.55. The van der Waals surface area contributed by atoms with Crippen molar-refractivity contribution in [2.24, 2.45) is 0 Å². The van der Waals surface area contributed by atoms with E-state index in [-0.39, 0.29) is 30.1 Å². The number of benzene rings is 1. The molecule has 0 bridgehead atoms. The van der Waals surface area contributed by atoms with Gasteiger partial charge in [-0.05, 0) is 12.1 Å². The molecule has 0 fully saturated rings. The molecule has 0 atom stereocenters. The van der Waals surface area contributed by atoms with Crippen LogP contribution in [0.1, 0.15) is 11.3 Å². The molecule has 0 aliphatic carbocycles. The number of para-hydroxylation sites is 1. The van der Waals surface area contributed by atoms with Gasteiger partial charge in [0.25, 0.3) is 0 Å². The van der Waals surface area contributed by atoms with Crippen LogP contribution in [0.2, 0.25) is 0 Å². The molecule has 0 amide bonds. The summed E-state index contributed by atoms with van der Waals surface area (Å²) in [7, 11) is 0. The van der Waals surface area contributed by atoms with Gasteiger partial charge in [-0.15, -0.1) is 0 Å². The fraction of sp³-hybridized carbons (Fsp3) is 0.182. The molecule has 3 nitrogen and oxygen atoms in total. The molecule has 1 aromatic heterocycles. The Morgan fingerprint density at radius 3 is 2.56 bits per heavy atom. The molecular weight excluding hydrogens is 242 g/mol. The van der Waals surface area contributed by atoms with Gasteiger partial charge in [0.2, 0.25) is 0 Å². The van der Waals surface area contributed by atoms with Gasteiger partial charge in [-0.25, -0.2) is 0 Å². The maximum atomic E-state index is 12.6. The number of carboxylic acids is 1. The normalized spacial score (nSPS) is 11.3. The molecule has 0 aliphatic heterocycles. The Bertz CT molecular complexity index is 577. The van der Waals surface area contributed by atoms with Gasteiger partial charge in [-0.1, -0.05) is 12.1 Å². The van der Waals surface area contributed by atoms with E-state index in [0.29, 0.717) is 5.39 Å². The van der Waals surface area contributed by atoms with Crippen molar-refractivity contribution >= 4 is 16.9 Å². The van der Waals surface area contributed by atoms with Gasteiger partial charge < -0.3 is 14.9 Å². The van der Waals surface area contributed by atoms with E-state index >= 15 is 0 Å². The Balaban J connectivity index is 0.00000162. The summed E-state index contributed by atoms with van der Waals surface area (Å²) in [6.07, 6.45) is -4.91. The number of rotatable bonds is 2. The van der Waals surface area contributed by atoms with Gasteiger partial charge in [0.1, 0.15) is 0 Å². The van der Waals surface area contributed by atoms with Crippen molar-refractivity contribution in [1.82, 2.24) is 4.98 Å². The summed E-state index contributed by atoms with van der Waals surface area (Å²) in [4.78, 5) is 12.8. The minimum Gasteiger partial charge on any atom is -0.550 e. The largest absolute Gasteiger partial charge is 1.00 e. The number of aromatic nitrogens is 1. The monoisotopic (exact) mass is 249 g/mol. The Kier molecular flexibility index (Phi) is 4.15. The maximum Gasteiger partial charge on any atom is 1.00 e. The molecule has 0 aliphatic rings. The number of nitrogens with one attached hydrogen (secondary N) is 1. The van der Waals surface area contributed by atoms with E-state index in [9.17, 15) is 23.1 Å². The van der Waals surface area contributed by atoms with Crippen molar-refractivity contribution < 1.29 is 41.9 Å². The molecule has 0 saturated carbocycles. The van der Waals surface area contributed by atoms with Gasteiger partial charge in [0.15, 0.2) is 0 Å². The number of alkyl halides is 3. The first kappa shape index (κ1) is 14.7. The molecule has 1 heterocycles. The number of aliphatic carboxylic acids is 1. The van der Waals surface area contributed by atoms with Crippen LogP contribution < -0.4 is 24.0 Å². The van der Waals surface area contributed by atoms with Crippen LogP contribution in [0, 0.1) is 0 Å². The number of hydrogen-bond acceptors (Lipinski definition) is 2. The summed E-state index contributed by atoms with van der Waals surface area (Å²) in [6, 6.07) is 5.09. The van der Waals surface area contributed by atoms with Gasteiger partial charge in [-0.2, -0.15) is 13.2 Å². The second-order valence-corrected chi connectivity index (χ2v) is 3.61. The van der Waals surface area contributed by atoms with Gasteiger partial charge >= 0.3 is 25.0 Å². The van der Waals surface area contributed by atoms with Crippen LogP contribution in [-0.2, 0) is 17.4 Å². The van der Waals surface area contributed by atoms with Crippen molar-refractivity contribution in [2.45, 2.75) is 12.6 Å². The number of hydrogen-bond donors (Lipinski definition) is 1. The van der Waals surface area contributed by atoms with Gasteiger partial charge in [-0.3, -0.25) is 0 Å². The van der Waals surface area contributed by atoms with E-state index in [1.54, 1.807) is 0 Å². The summed E-state index contributed by atoms with van der Waals surface area (Å²) >= 11 is 0. The molecule has 1 aromatic carbocycles. The Morgan fingerprint density at radius 1 is 1.33 bits per heavy atom. The summed E-state index contributed by atoms with van der Waals surface area (Å²) in [5.41, 5.74) is -0.715. The summed E-state index contributed by atoms with van der Waals surface area (Å²) in [5, 5.41) is 10.7. The number of carbonyl (C=O) groups excluding carboxylic acids is 1. The summed E-state index contributed by atoms with van der Waals surface area (Å²) in [5.74, 6) is -1.34. The van der Waals surface area contributed by atoms with Crippen molar-refractivity contribution in [1.29, 1.82) is 0 Å². The number of halogens is 3. The second-order valence-electron chi connectivity index (χ2n) is 3.61. The van der Waals surface area contributed by atoms with E-state index < -0.39 is 24.1 Å². The van der Waals surface area contributed by atoms with Crippen LogP contribution >= 0.6 is 0 Å². The molecule has 2 rings (SSSR count). The minimum atomic E-state index is -4.47. The van der Waals surface area contributed by atoms with Crippen molar-refractivity contribution in [2.75, 3.05) is 0 Å². The number of carbonyl (C=O) groups is 1. The van der Waals surface area contributed by atoms with Crippen LogP contribution in [0.15, 0.2) is 24.3 Å². The van der Waals surface area contributed by atoms with E-state index in [1.807, 2.05) is 0 Å². The van der Waals surface area contributed by atoms with Crippen LogP contribution in [0.5, 0.6) is 0 Å². The quantitative estimate of drug-likeness (QED) is 0.657. The maximum absolute atomic E-state index is 12.6. The Hall–Kier alpha value is -1.38. The summed E-state index contributed by atoms with van der Waals surface area (Å²) < 4.78 is 37.9. The van der Waals surface area contributed by atoms with E-state index in [4.69, 9.17) is 0 Å². The number of H-pyrrole nitrogens is 1. The van der Waals surface area contributed by atoms with Gasteiger partial charge in [0, 0.05) is 23.5 Å². The first-order valence-corrected chi connectivity index (χ1v) is 4.75. The standard InChI is InChI=1S/C11H8F3NO2.Li/c12-11(13,14)8-3-1-2-6-4-7(5-9(16)17)15-10(6)8;/h1-4,15H,5H2,(H,16,17);/q;+1/p-1. The fourth-order valence-corrected chi connectivity index (χ4v) is 1.70. The zero-order valence-corrected chi connectivity index (χ0v) is 9.47. The molecule has 0 unspecified atom stereocenters. The second kappa shape index (κ2) is 5.08. The Labute approximate surface area is 112 Å². The first-order chi connectivity index (χ1) is 7.88. The minimum absolute atomic E-state index is 0. The molecule has 0 spiro atoms. The third-order valence-electron chi connectivity index (χ3n) is 2.35. The number of fused-ring (bicyclic) bond motifs is 1. The average molecular weight is 249 g/mol. The van der Waals surface area contributed by atoms with Crippen LogP contribution in [-0.4, -0.2) is 11.0 Å². The van der Waals surface area contributed by atoms with Gasteiger partial charge in [0.05, 0.1) is 11.1 Å². The summed E-state index contributed by atoms with van der Waals surface area (Å²) in [6.45, 7) is 0. The van der Waals surface area contributed by atoms with Crippen LogP contribution in [0.3, 0.4) is 0 Å². The topological polar surface area (TPSA) is 55.9 Å². The fourth-order valence-electron chi connectivity index (χ4n) is 1.70. The molecule has 2 aromatic rings. The Morgan fingerprint density at radius 2 is 2.00 bits per heavy atom. The third kappa shape index (κ3) is 2.89. The van der Waals surface area contributed by atoms with E-state index in [2.05, 4.69) is 4.98 Å². The van der Waals surface area contributed by atoms with E-state index in [1.165, 1.54) is 18.2 Å². The number of carboxylic acid groups (broad SMARTS) is 1. The SMILES string of the molecule is O=C([O-])Cc1cc2cccc(C(F)(F)F)c2[nH]1.[Li+]. The number of aromatic amines is 1. The predicted octanol–water partition coefficient (Wildman–Crippen LogP) is -1.52. The smallest absolute Gasteiger partial charge is 0.550 e. The molecule has 90 valence electrons. The van der Waals surface area contributed by atoms with Crippen molar-refractivity contribution in [3.05, 3.63) is 35.5 Å². The molecule has 18 heavy (non-hydrogen) atoms. The molecular formula is C11H7F3LiNO2. The first-order valence-electron chi connectivity index (χ1n) is 4.75. The predicted molar refractivity (Wildman–Crippen MR) is 52.0 cm³/mol. The molecule has 7 heteroatoms. The zero-order valence-electron chi connectivity index (χ0n) is 9.47.